The van der Waals surface area contributed by atoms with Gasteiger partial charge in [-0.2, -0.15) is 5.10 Å². The maximum atomic E-state index is 11.9. The number of hydrogen-bond acceptors (Lipinski definition) is 5. The van der Waals surface area contributed by atoms with Crippen LogP contribution >= 0.6 is 0 Å². The van der Waals surface area contributed by atoms with E-state index >= 15 is 0 Å². The van der Waals surface area contributed by atoms with Crippen molar-refractivity contribution in [1.82, 2.24) is 25.1 Å². The topological polar surface area (TPSA) is 106 Å². The van der Waals surface area contributed by atoms with Gasteiger partial charge in [-0.3, -0.25) is 15.0 Å². The lowest BCUT2D eigenvalue weighted by Gasteiger charge is -2.06. The average molecular weight is 270 g/mol. The molecule has 1 amide bonds. The predicted molar refractivity (Wildman–Crippen MR) is 70.5 cm³/mol. The van der Waals surface area contributed by atoms with Crippen LogP contribution in [0.1, 0.15) is 5.69 Å². The number of nitrogens with one attached hydrogen (secondary N) is 2. The molecule has 0 saturated heterocycles. The second kappa shape index (κ2) is 4.92. The van der Waals surface area contributed by atoms with E-state index in [1.165, 1.54) is 17.3 Å². The number of hydrogen-bond donors (Lipinski definition) is 2. The summed E-state index contributed by atoms with van der Waals surface area (Å²) < 4.78 is 1.34. The Morgan fingerprint density at radius 2 is 1.90 bits per heavy atom. The molecule has 0 aliphatic rings. The molecule has 2 heterocycles. The number of H-pyrrole nitrogens is 1. The van der Waals surface area contributed by atoms with Crippen LogP contribution in [-0.4, -0.2) is 31.0 Å². The van der Waals surface area contributed by atoms with Gasteiger partial charge in [0.25, 0.3) is 5.56 Å². The van der Waals surface area contributed by atoms with Crippen LogP contribution in [-0.2, 0) is 11.2 Å². The Balaban J connectivity index is 1.89. The first-order chi connectivity index (χ1) is 9.74. The van der Waals surface area contributed by atoms with Crippen LogP contribution in [0.5, 0.6) is 0 Å². The van der Waals surface area contributed by atoms with Crippen molar-refractivity contribution in [3.63, 3.8) is 0 Å². The number of amides is 1. The molecule has 0 aliphatic heterocycles. The zero-order valence-electron chi connectivity index (χ0n) is 10.3. The van der Waals surface area contributed by atoms with Gasteiger partial charge in [-0.05, 0) is 6.07 Å². The molecular weight excluding hydrogens is 260 g/mol. The quantitative estimate of drug-likeness (QED) is 0.687. The Morgan fingerprint density at radius 3 is 2.65 bits per heavy atom. The molecule has 0 atom stereocenters. The van der Waals surface area contributed by atoms with Gasteiger partial charge >= 0.3 is 0 Å². The van der Waals surface area contributed by atoms with Crippen molar-refractivity contribution < 1.29 is 4.79 Å². The number of nitrogens with zero attached hydrogens (tertiary/aromatic N) is 4. The van der Waals surface area contributed by atoms with E-state index < -0.39 is 0 Å². The maximum Gasteiger partial charge on any atom is 0.272 e. The van der Waals surface area contributed by atoms with Gasteiger partial charge in [0, 0.05) is 5.39 Å². The first kappa shape index (κ1) is 12.0. The fourth-order valence-electron chi connectivity index (χ4n) is 1.90. The third kappa shape index (κ3) is 2.26. The second-order valence-electron chi connectivity index (χ2n) is 4.13. The lowest BCUT2D eigenvalue weighted by molar-refractivity contribution is -0.116. The van der Waals surface area contributed by atoms with Crippen LogP contribution < -0.4 is 11.0 Å². The summed E-state index contributed by atoms with van der Waals surface area (Å²) in [5.74, 6) is -0.283. The van der Waals surface area contributed by atoms with Gasteiger partial charge < -0.3 is 0 Å². The fourth-order valence-corrected chi connectivity index (χ4v) is 1.90. The lowest BCUT2D eigenvalue weighted by atomic mass is 10.1. The number of carbonyl (C=O) groups excluding carboxylic acids is 1. The first-order valence-corrected chi connectivity index (χ1v) is 5.85. The van der Waals surface area contributed by atoms with Crippen LogP contribution in [0.15, 0.2) is 41.7 Å². The summed E-state index contributed by atoms with van der Waals surface area (Å²) in [6.45, 7) is 0. The van der Waals surface area contributed by atoms with Gasteiger partial charge in [0.2, 0.25) is 5.91 Å². The highest BCUT2D eigenvalue weighted by molar-refractivity contribution is 5.91. The van der Waals surface area contributed by atoms with Gasteiger partial charge in [-0.15, -0.1) is 10.2 Å². The largest absolute Gasteiger partial charge is 0.273 e. The zero-order chi connectivity index (χ0) is 13.9. The maximum absolute atomic E-state index is 11.9. The van der Waals surface area contributed by atoms with E-state index in [1.807, 2.05) is 0 Å². The molecule has 0 radical (unpaired) electrons. The van der Waals surface area contributed by atoms with Crippen molar-refractivity contribution in [2.45, 2.75) is 6.42 Å². The molecule has 8 heteroatoms. The molecule has 0 unspecified atom stereocenters. The van der Waals surface area contributed by atoms with Crippen LogP contribution in [0.25, 0.3) is 10.8 Å². The van der Waals surface area contributed by atoms with E-state index in [0.717, 1.165) is 0 Å². The van der Waals surface area contributed by atoms with E-state index in [0.29, 0.717) is 16.5 Å². The number of aromatic amines is 1. The van der Waals surface area contributed by atoms with Crippen molar-refractivity contribution in [2.24, 2.45) is 0 Å². The molecule has 3 aromatic rings. The van der Waals surface area contributed by atoms with Gasteiger partial charge in [0.15, 0.2) is 0 Å². The van der Waals surface area contributed by atoms with Crippen LogP contribution in [0.3, 0.4) is 0 Å². The summed E-state index contributed by atoms with van der Waals surface area (Å²) in [5.41, 5.74) is 2.80. The third-order valence-electron chi connectivity index (χ3n) is 2.78. The van der Waals surface area contributed by atoms with E-state index in [-0.39, 0.29) is 17.9 Å². The van der Waals surface area contributed by atoms with E-state index in [2.05, 4.69) is 25.8 Å². The first-order valence-electron chi connectivity index (χ1n) is 5.85. The molecule has 0 fully saturated rings. The van der Waals surface area contributed by atoms with Crippen molar-refractivity contribution >= 4 is 16.7 Å². The third-order valence-corrected chi connectivity index (χ3v) is 2.78. The summed E-state index contributed by atoms with van der Waals surface area (Å²) in [5, 5.41) is 14.7. The standard InChI is InChI=1S/C12H10N6O2/c19-11(17-18-6-13-14-7-18)5-10-8-3-1-2-4-9(8)12(20)16-15-10/h1-4,6-7H,5H2,(H,16,20)(H,17,19). The lowest BCUT2D eigenvalue weighted by Crippen LogP contribution is -2.24. The smallest absolute Gasteiger partial charge is 0.272 e. The minimum atomic E-state index is -0.283. The Bertz CT molecular complexity index is 808. The summed E-state index contributed by atoms with van der Waals surface area (Å²) in [4.78, 5) is 23.5. The highest BCUT2D eigenvalue weighted by atomic mass is 16.2. The number of fused-ring (bicyclic) bond motifs is 1. The number of benzene rings is 1. The van der Waals surface area contributed by atoms with E-state index in [4.69, 9.17) is 0 Å². The highest BCUT2D eigenvalue weighted by Crippen LogP contribution is 2.12. The average Bonchev–Trinajstić information content (AvgIpc) is 2.95. The molecule has 1 aromatic carbocycles. The van der Waals surface area contributed by atoms with E-state index in [1.54, 1.807) is 24.3 Å². The fraction of sp³-hybridized carbons (Fsp3) is 0.0833. The van der Waals surface area contributed by atoms with Crippen molar-refractivity contribution in [3.8, 4) is 0 Å². The molecule has 2 N–H and O–H groups in total. The Morgan fingerprint density at radius 1 is 1.20 bits per heavy atom. The summed E-state index contributed by atoms with van der Waals surface area (Å²) in [6.07, 6.45) is 2.78. The Kier molecular flexibility index (Phi) is 2.96. The van der Waals surface area contributed by atoms with Crippen LogP contribution in [0, 0.1) is 0 Å². The zero-order valence-corrected chi connectivity index (χ0v) is 10.3. The van der Waals surface area contributed by atoms with Crippen molar-refractivity contribution in [1.29, 1.82) is 0 Å². The van der Waals surface area contributed by atoms with Gasteiger partial charge in [0.1, 0.15) is 12.7 Å². The highest BCUT2D eigenvalue weighted by Gasteiger charge is 2.10. The minimum Gasteiger partial charge on any atom is -0.273 e. The molecule has 0 bridgehead atoms. The van der Waals surface area contributed by atoms with Crippen LogP contribution in [0.2, 0.25) is 0 Å². The Labute approximate surface area is 112 Å². The van der Waals surface area contributed by atoms with Gasteiger partial charge in [0.05, 0.1) is 17.5 Å². The molecule has 0 aliphatic carbocycles. The number of rotatable bonds is 3. The molecular formula is C12H10N6O2. The van der Waals surface area contributed by atoms with E-state index in [9.17, 15) is 9.59 Å². The number of aromatic nitrogens is 5. The predicted octanol–water partition coefficient (Wildman–Crippen LogP) is -0.173. The summed E-state index contributed by atoms with van der Waals surface area (Å²) >= 11 is 0. The molecule has 8 nitrogen and oxygen atoms in total. The van der Waals surface area contributed by atoms with Crippen LogP contribution in [0.4, 0.5) is 0 Å². The normalized spacial score (nSPS) is 10.6. The van der Waals surface area contributed by atoms with Crippen molar-refractivity contribution in [3.05, 3.63) is 53.0 Å². The molecule has 0 spiro atoms. The minimum absolute atomic E-state index is 0.0372. The monoisotopic (exact) mass is 270 g/mol. The second-order valence-corrected chi connectivity index (χ2v) is 4.13. The molecule has 3 rings (SSSR count). The summed E-state index contributed by atoms with van der Waals surface area (Å²) in [7, 11) is 0. The van der Waals surface area contributed by atoms with Gasteiger partial charge in [-0.1, -0.05) is 18.2 Å². The molecule has 0 saturated carbocycles. The molecule has 100 valence electrons. The molecule has 20 heavy (non-hydrogen) atoms. The Hall–Kier alpha value is -3.03. The molecule has 2 aromatic heterocycles. The van der Waals surface area contributed by atoms with Gasteiger partial charge in [-0.25, -0.2) is 9.77 Å². The van der Waals surface area contributed by atoms with Crippen molar-refractivity contribution in [2.75, 3.05) is 5.43 Å². The number of carbonyl (C=O) groups is 1. The SMILES string of the molecule is O=C(Cc1n[nH]c(=O)c2ccccc12)Nn1cnnc1. The summed E-state index contributed by atoms with van der Waals surface area (Å²) in [6, 6.07) is 7.01.